The lowest BCUT2D eigenvalue weighted by Gasteiger charge is -2.12. The number of hydrogen-bond donors (Lipinski definition) is 0. The van der Waals surface area contributed by atoms with E-state index in [2.05, 4.69) is 4.74 Å². The topological polar surface area (TPSA) is 43.4 Å². The maximum atomic E-state index is 13.1. The summed E-state index contributed by atoms with van der Waals surface area (Å²) in [6.07, 6.45) is 0. The fourth-order valence-corrected chi connectivity index (χ4v) is 1.53. The fraction of sp³-hybridized carbons (Fsp3) is 0.333. The van der Waals surface area contributed by atoms with Crippen LogP contribution >= 0.6 is 11.3 Å². The second kappa shape index (κ2) is 4.48. The third-order valence-electron chi connectivity index (χ3n) is 1.60. The number of carbonyl (C=O) groups is 2. The standard InChI is InChI=1S/C9H8F2O3S/c1-2-14-8(13)9(10,11)7(12)6-3-4-15-5-6/h3-5H,2H2,1H3. The number of Topliss-reactive ketones (excluding diaryl/α,β-unsaturated/α-hetero) is 1. The van der Waals surface area contributed by atoms with Gasteiger partial charge >= 0.3 is 11.9 Å². The van der Waals surface area contributed by atoms with Crippen LogP contribution in [0, 0.1) is 0 Å². The highest BCUT2D eigenvalue weighted by Gasteiger charge is 2.49. The molecule has 15 heavy (non-hydrogen) atoms. The van der Waals surface area contributed by atoms with E-state index in [-0.39, 0.29) is 12.2 Å². The molecule has 0 aliphatic carbocycles. The Morgan fingerprint density at radius 1 is 1.53 bits per heavy atom. The zero-order valence-electron chi connectivity index (χ0n) is 7.83. The Morgan fingerprint density at radius 2 is 2.20 bits per heavy atom. The van der Waals surface area contributed by atoms with Gasteiger partial charge in [0.25, 0.3) is 0 Å². The Labute approximate surface area is 88.7 Å². The van der Waals surface area contributed by atoms with Crippen molar-refractivity contribution in [3.8, 4) is 0 Å². The van der Waals surface area contributed by atoms with E-state index in [1.54, 1.807) is 0 Å². The molecule has 0 fully saturated rings. The van der Waals surface area contributed by atoms with Gasteiger partial charge < -0.3 is 4.74 Å². The maximum Gasteiger partial charge on any atom is 0.404 e. The normalized spacial score (nSPS) is 11.1. The van der Waals surface area contributed by atoms with E-state index in [1.165, 1.54) is 23.8 Å². The molecule has 1 aromatic heterocycles. The first-order chi connectivity index (χ1) is 7.00. The van der Waals surface area contributed by atoms with Crippen LogP contribution in [0.1, 0.15) is 17.3 Å². The Hall–Kier alpha value is -1.30. The SMILES string of the molecule is CCOC(=O)C(F)(F)C(=O)c1ccsc1. The van der Waals surface area contributed by atoms with Crippen molar-refractivity contribution in [3.63, 3.8) is 0 Å². The smallest absolute Gasteiger partial charge is 0.404 e. The summed E-state index contributed by atoms with van der Waals surface area (Å²) >= 11 is 1.10. The van der Waals surface area contributed by atoms with Crippen molar-refractivity contribution in [2.45, 2.75) is 12.8 Å². The monoisotopic (exact) mass is 234 g/mol. The molecule has 1 heterocycles. The van der Waals surface area contributed by atoms with Gasteiger partial charge in [-0.3, -0.25) is 4.79 Å². The van der Waals surface area contributed by atoms with Gasteiger partial charge in [0, 0.05) is 10.9 Å². The molecule has 0 amide bonds. The Morgan fingerprint density at radius 3 is 2.67 bits per heavy atom. The lowest BCUT2D eigenvalue weighted by atomic mass is 10.1. The van der Waals surface area contributed by atoms with E-state index < -0.39 is 17.7 Å². The molecule has 3 nitrogen and oxygen atoms in total. The van der Waals surface area contributed by atoms with E-state index in [9.17, 15) is 18.4 Å². The molecule has 0 spiro atoms. The summed E-state index contributed by atoms with van der Waals surface area (Å²) < 4.78 is 30.4. The van der Waals surface area contributed by atoms with E-state index in [1.807, 2.05) is 0 Å². The third kappa shape index (κ3) is 2.38. The summed E-state index contributed by atoms with van der Waals surface area (Å²) in [6, 6.07) is 1.24. The average molecular weight is 234 g/mol. The van der Waals surface area contributed by atoms with Crippen LogP contribution in [0.3, 0.4) is 0 Å². The fourth-order valence-electron chi connectivity index (χ4n) is 0.889. The quantitative estimate of drug-likeness (QED) is 0.455. The van der Waals surface area contributed by atoms with Crippen LogP contribution in [-0.2, 0) is 9.53 Å². The average Bonchev–Trinajstić information content (AvgIpc) is 2.69. The third-order valence-corrected chi connectivity index (χ3v) is 2.28. The van der Waals surface area contributed by atoms with Crippen molar-refractivity contribution in [2.75, 3.05) is 6.61 Å². The Balaban J connectivity index is 2.86. The molecule has 0 aromatic carbocycles. The van der Waals surface area contributed by atoms with Crippen LogP contribution in [0.15, 0.2) is 16.8 Å². The van der Waals surface area contributed by atoms with E-state index in [0.29, 0.717) is 0 Å². The van der Waals surface area contributed by atoms with Crippen molar-refractivity contribution < 1.29 is 23.1 Å². The second-order valence-corrected chi connectivity index (χ2v) is 3.42. The number of ether oxygens (including phenoxy) is 1. The van der Waals surface area contributed by atoms with Crippen LogP contribution in [0.25, 0.3) is 0 Å². The van der Waals surface area contributed by atoms with E-state index >= 15 is 0 Å². The lowest BCUT2D eigenvalue weighted by Crippen LogP contribution is -2.39. The molecular formula is C9H8F2O3S. The number of rotatable bonds is 4. The van der Waals surface area contributed by atoms with Crippen molar-refractivity contribution in [3.05, 3.63) is 22.4 Å². The van der Waals surface area contributed by atoms with Gasteiger partial charge in [-0.05, 0) is 18.4 Å². The van der Waals surface area contributed by atoms with Crippen LogP contribution in [0.2, 0.25) is 0 Å². The summed E-state index contributed by atoms with van der Waals surface area (Å²) in [7, 11) is 0. The number of ketones is 1. The minimum absolute atomic E-state index is 0.182. The number of carbonyl (C=O) groups excluding carboxylic acids is 2. The first-order valence-electron chi connectivity index (χ1n) is 4.12. The van der Waals surface area contributed by atoms with Gasteiger partial charge in [-0.2, -0.15) is 20.1 Å². The zero-order chi connectivity index (χ0) is 11.5. The first-order valence-corrected chi connectivity index (χ1v) is 5.06. The molecule has 1 rings (SSSR count). The number of esters is 1. The highest BCUT2D eigenvalue weighted by atomic mass is 32.1. The van der Waals surface area contributed by atoms with E-state index in [0.717, 1.165) is 11.3 Å². The Bertz CT molecular complexity index is 359. The van der Waals surface area contributed by atoms with Crippen molar-refractivity contribution in [1.82, 2.24) is 0 Å². The molecule has 0 aliphatic rings. The molecular weight excluding hydrogens is 226 g/mol. The number of alkyl halides is 2. The predicted molar refractivity (Wildman–Crippen MR) is 50.2 cm³/mol. The second-order valence-electron chi connectivity index (χ2n) is 2.64. The summed E-state index contributed by atoms with van der Waals surface area (Å²) in [6.45, 7) is 1.20. The summed E-state index contributed by atoms with van der Waals surface area (Å²) in [4.78, 5) is 22.0. The van der Waals surface area contributed by atoms with Crippen LogP contribution < -0.4 is 0 Å². The molecule has 6 heteroatoms. The van der Waals surface area contributed by atoms with Gasteiger partial charge in [0.15, 0.2) is 0 Å². The molecule has 0 unspecified atom stereocenters. The van der Waals surface area contributed by atoms with Crippen LogP contribution in [0.4, 0.5) is 8.78 Å². The summed E-state index contributed by atoms with van der Waals surface area (Å²) in [5.41, 5.74) is -0.182. The molecule has 0 radical (unpaired) electrons. The molecule has 0 N–H and O–H groups in total. The van der Waals surface area contributed by atoms with Gasteiger partial charge in [0.2, 0.25) is 5.78 Å². The van der Waals surface area contributed by atoms with Crippen molar-refractivity contribution >= 4 is 23.1 Å². The number of halogens is 2. The number of thiophene rings is 1. The van der Waals surface area contributed by atoms with Gasteiger partial charge in [-0.25, -0.2) is 4.79 Å². The van der Waals surface area contributed by atoms with Crippen LogP contribution in [0.5, 0.6) is 0 Å². The lowest BCUT2D eigenvalue weighted by molar-refractivity contribution is -0.164. The van der Waals surface area contributed by atoms with Gasteiger partial charge in [-0.1, -0.05) is 0 Å². The first kappa shape index (κ1) is 11.8. The van der Waals surface area contributed by atoms with Crippen LogP contribution in [-0.4, -0.2) is 24.3 Å². The molecule has 0 atom stereocenters. The minimum atomic E-state index is -4.10. The summed E-state index contributed by atoms with van der Waals surface area (Å²) in [5, 5.41) is 2.74. The van der Waals surface area contributed by atoms with Crippen molar-refractivity contribution in [1.29, 1.82) is 0 Å². The van der Waals surface area contributed by atoms with E-state index in [4.69, 9.17) is 0 Å². The molecule has 82 valence electrons. The minimum Gasteiger partial charge on any atom is -0.461 e. The van der Waals surface area contributed by atoms with Gasteiger partial charge in [0.05, 0.1) is 6.61 Å². The predicted octanol–water partition coefficient (Wildman–Crippen LogP) is 2.13. The Kier molecular flexibility index (Phi) is 3.52. The molecule has 1 aromatic rings. The zero-order valence-corrected chi connectivity index (χ0v) is 8.64. The summed E-state index contributed by atoms with van der Waals surface area (Å²) in [5.74, 6) is -7.43. The highest BCUT2D eigenvalue weighted by molar-refractivity contribution is 7.08. The largest absolute Gasteiger partial charge is 0.461 e. The van der Waals surface area contributed by atoms with Gasteiger partial charge in [-0.15, -0.1) is 0 Å². The highest BCUT2D eigenvalue weighted by Crippen LogP contribution is 2.23. The maximum absolute atomic E-state index is 13.1. The van der Waals surface area contributed by atoms with Gasteiger partial charge in [0.1, 0.15) is 0 Å². The number of hydrogen-bond acceptors (Lipinski definition) is 4. The molecule has 0 bridgehead atoms. The van der Waals surface area contributed by atoms with Crippen molar-refractivity contribution in [2.24, 2.45) is 0 Å². The molecule has 0 aliphatic heterocycles. The molecule has 0 saturated carbocycles. The molecule has 0 saturated heterocycles.